The fourth-order valence-corrected chi connectivity index (χ4v) is 3.66. The second-order valence-corrected chi connectivity index (χ2v) is 6.63. The van der Waals surface area contributed by atoms with Crippen molar-refractivity contribution in [3.05, 3.63) is 77.7 Å². The van der Waals surface area contributed by atoms with Crippen molar-refractivity contribution in [1.82, 2.24) is 20.1 Å². The van der Waals surface area contributed by atoms with Gasteiger partial charge in [-0.15, -0.1) is 0 Å². The van der Waals surface area contributed by atoms with Crippen LogP contribution < -0.4 is 5.32 Å². The van der Waals surface area contributed by atoms with Gasteiger partial charge in [0, 0.05) is 17.8 Å². The summed E-state index contributed by atoms with van der Waals surface area (Å²) in [6.07, 6.45) is 9.59. The maximum Gasteiger partial charge on any atom is 0.153 e. The highest BCUT2D eigenvalue weighted by atomic mass is 15.3. The zero-order valence-corrected chi connectivity index (χ0v) is 14.4. The molecule has 0 saturated carbocycles. The first-order valence-electron chi connectivity index (χ1n) is 9.17. The number of hydrogen-bond donors (Lipinski definition) is 1. The van der Waals surface area contributed by atoms with E-state index in [9.17, 15) is 0 Å². The third kappa shape index (κ3) is 3.64. The van der Waals surface area contributed by atoms with Gasteiger partial charge in [-0.05, 0) is 56.3 Å². The quantitative estimate of drug-likeness (QED) is 0.697. The number of nitrogens with one attached hydrogen (secondary N) is 1. The van der Waals surface area contributed by atoms with Gasteiger partial charge in [0.1, 0.15) is 0 Å². The van der Waals surface area contributed by atoms with Crippen LogP contribution in [-0.2, 0) is 12.8 Å². The van der Waals surface area contributed by atoms with Crippen LogP contribution in [0.3, 0.4) is 0 Å². The summed E-state index contributed by atoms with van der Waals surface area (Å²) in [4.78, 5) is 4.44. The Bertz CT molecular complexity index is 795. The molecule has 2 heterocycles. The SMILES string of the molecule is c1ccc(CCCNC2CCCc3c2cnn3-c2ccccn2)cc1. The molecular weight excluding hydrogens is 308 g/mol. The Morgan fingerprint density at radius 3 is 2.80 bits per heavy atom. The van der Waals surface area contributed by atoms with Gasteiger partial charge in [-0.3, -0.25) is 0 Å². The highest BCUT2D eigenvalue weighted by molar-refractivity contribution is 5.32. The number of nitrogens with zero attached hydrogens (tertiary/aromatic N) is 3. The van der Waals surface area contributed by atoms with E-state index in [0.717, 1.165) is 31.6 Å². The largest absolute Gasteiger partial charge is 0.310 e. The number of pyridine rings is 1. The van der Waals surface area contributed by atoms with E-state index < -0.39 is 0 Å². The van der Waals surface area contributed by atoms with Crippen LogP contribution in [0.5, 0.6) is 0 Å². The van der Waals surface area contributed by atoms with E-state index in [1.807, 2.05) is 35.3 Å². The van der Waals surface area contributed by atoms with Crippen LogP contribution in [0.4, 0.5) is 0 Å². The van der Waals surface area contributed by atoms with E-state index in [1.165, 1.54) is 29.7 Å². The molecule has 1 N–H and O–H groups in total. The monoisotopic (exact) mass is 332 g/mol. The fraction of sp³-hybridized carbons (Fsp3) is 0.333. The Balaban J connectivity index is 1.40. The van der Waals surface area contributed by atoms with Crippen molar-refractivity contribution in [1.29, 1.82) is 0 Å². The van der Waals surface area contributed by atoms with Crippen molar-refractivity contribution in [2.24, 2.45) is 0 Å². The van der Waals surface area contributed by atoms with E-state index in [1.54, 1.807) is 0 Å². The van der Waals surface area contributed by atoms with E-state index >= 15 is 0 Å². The molecule has 1 unspecified atom stereocenters. The van der Waals surface area contributed by atoms with Crippen LogP contribution in [0.25, 0.3) is 5.82 Å². The third-order valence-corrected chi connectivity index (χ3v) is 4.93. The van der Waals surface area contributed by atoms with Crippen molar-refractivity contribution in [2.45, 2.75) is 38.1 Å². The van der Waals surface area contributed by atoms with Gasteiger partial charge in [0.05, 0.1) is 11.9 Å². The lowest BCUT2D eigenvalue weighted by atomic mass is 9.93. The van der Waals surface area contributed by atoms with Gasteiger partial charge in [0.25, 0.3) is 0 Å². The first kappa shape index (κ1) is 16.0. The lowest BCUT2D eigenvalue weighted by molar-refractivity contribution is 0.451. The summed E-state index contributed by atoms with van der Waals surface area (Å²) in [7, 11) is 0. The molecule has 25 heavy (non-hydrogen) atoms. The molecule has 0 fully saturated rings. The summed E-state index contributed by atoms with van der Waals surface area (Å²) in [6.45, 7) is 1.04. The summed E-state index contributed by atoms with van der Waals surface area (Å²) in [5.74, 6) is 0.911. The van der Waals surface area contributed by atoms with E-state index in [4.69, 9.17) is 0 Å². The summed E-state index contributed by atoms with van der Waals surface area (Å²) in [5.41, 5.74) is 4.07. The highest BCUT2D eigenvalue weighted by Crippen LogP contribution is 2.30. The molecule has 2 aromatic heterocycles. The molecule has 0 amide bonds. The third-order valence-electron chi connectivity index (χ3n) is 4.93. The Morgan fingerprint density at radius 1 is 1.08 bits per heavy atom. The van der Waals surface area contributed by atoms with Crippen molar-refractivity contribution >= 4 is 0 Å². The second-order valence-electron chi connectivity index (χ2n) is 6.63. The Hall–Kier alpha value is -2.46. The molecular formula is C21H24N4. The van der Waals surface area contributed by atoms with Crippen LogP contribution in [0.15, 0.2) is 60.9 Å². The Morgan fingerprint density at radius 2 is 1.96 bits per heavy atom. The normalized spacial score (nSPS) is 16.6. The molecule has 0 radical (unpaired) electrons. The smallest absolute Gasteiger partial charge is 0.153 e. The summed E-state index contributed by atoms with van der Waals surface area (Å²) >= 11 is 0. The first-order chi connectivity index (χ1) is 12.4. The van der Waals surface area contributed by atoms with Gasteiger partial charge < -0.3 is 5.32 Å². The lowest BCUT2D eigenvalue weighted by Gasteiger charge is -2.24. The van der Waals surface area contributed by atoms with Gasteiger partial charge in [-0.25, -0.2) is 9.67 Å². The second kappa shape index (κ2) is 7.62. The molecule has 0 bridgehead atoms. The minimum atomic E-state index is 0.414. The predicted octanol–water partition coefficient (Wildman–Crippen LogP) is 3.87. The van der Waals surface area contributed by atoms with Crippen molar-refractivity contribution in [3.63, 3.8) is 0 Å². The number of aromatic nitrogens is 3. The molecule has 1 aliphatic rings. The molecule has 1 aliphatic carbocycles. The highest BCUT2D eigenvalue weighted by Gasteiger charge is 2.24. The minimum Gasteiger partial charge on any atom is -0.310 e. The molecule has 0 aliphatic heterocycles. The maximum atomic E-state index is 4.61. The zero-order valence-electron chi connectivity index (χ0n) is 14.4. The van der Waals surface area contributed by atoms with Gasteiger partial charge in [-0.2, -0.15) is 5.10 Å². The molecule has 0 spiro atoms. The predicted molar refractivity (Wildman–Crippen MR) is 99.8 cm³/mol. The van der Waals surface area contributed by atoms with Gasteiger partial charge in [-0.1, -0.05) is 36.4 Å². The van der Waals surface area contributed by atoms with Crippen molar-refractivity contribution < 1.29 is 0 Å². The molecule has 1 aromatic carbocycles. The summed E-state index contributed by atoms with van der Waals surface area (Å²) in [5, 5.41) is 8.35. The fourth-order valence-electron chi connectivity index (χ4n) is 3.66. The van der Waals surface area contributed by atoms with Crippen LogP contribution in [0.2, 0.25) is 0 Å². The number of aryl methyl sites for hydroxylation is 1. The van der Waals surface area contributed by atoms with Crippen LogP contribution in [0.1, 0.15) is 42.1 Å². The molecule has 4 rings (SSSR count). The number of rotatable bonds is 6. The number of hydrogen-bond acceptors (Lipinski definition) is 3. The molecule has 128 valence electrons. The summed E-state index contributed by atoms with van der Waals surface area (Å²) < 4.78 is 2.01. The topological polar surface area (TPSA) is 42.7 Å². The maximum absolute atomic E-state index is 4.61. The zero-order chi connectivity index (χ0) is 16.9. The van der Waals surface area contributed by atoms with Crippen molar-refractivity contribution in [3.8, 4) is 5.82 Å². The molecule has 4 nitrogen and oxygen atoms in total. The standard InChI is InChI=1S/C21H24N4/c1-2-8-17(9-3-1)10-7-15-22-19-11-6-12-20-18(19)16-24-25(20)21-13-4-5-14-23-21/h1-5,8-9,13-14,16,19,22H,6-7,10-12,15H2. The van der Waals surface area contributed by atoms with E-state index in [-0.39, 0.29) is 0 Å². The van der Waals surface area contributed by atoms with Crippen LogP contribution in [0, 0.1) is 0 Å². The Labute approximate surface area is 148 Å². The van der Waals surface area contributed by atoms with Gasteiger partial charge in [0.2, 0.25) is 0 Å². The van der Waals surface area contributed by atoms with Crippen LogP contribution >= 0.6 is 0 Å². The number of benzene rings is 1. The molecule has 3 aromatic rings. The van der Waals surface area contributed by atoms with Gasteiger partial charge in [0.15, 0.2) is 5.82 Å². The first-order valence-corrected chi connectivity index (χ1v) is 9.17. The average molecular weight is 332 g/mol. The van der Waals surface area contributed by atoms with Crippen molar-refractivity contribution in [2.75, 3.05) is 6.54 Å². The minimum absolute atomic E-state index is 0.414. The van der Waals surface area contributed by atoms with E-state index in [0.29, 0.717) is 6.04 Å². The molecule has 1 atom stereocenters. The lowest BCUT2D eigenvalue weighted by Crippen LogP contribution is -2.26. The van der Waals surface area contributed by atoms with Gasteiger partial charge >= 0.3 is 0 Å². The molecule has 0 saturated heterocycles. The van der Waals surface area contributed by atoms with E-state index in [2.05, 4.69) is 45.7 Å². The summed E-state index contributed by atoms with van der Waals surface area (Å²) in [6, 6.07) is 17.1. The molecule has 4 heteroatoms. The Kier molecular flexibility index (Phi) is 4.89. The average Bonchev–Trinajstić information content (AvgIpc) is 3.12. The number of fused-ring (bicyclic) bond motifs is 1. The van der Waals surface area contributed by atoms with Crippen LogP contribution in [-0.4, -0.2) is 21.3 Å².